The first-order valence-corrected chi connectivity index (χ1v) is 11.0. The Morgan fingerprint density at radius 1 is 1.06 bits per heavy atom. The summed E-state index contributed by atoms with van der Waals surface area (Å²) in [6.07, 6.45) is 0.893. The molecule has 32 heavy (non-hydrogen) atoms. The Kier molecular flexibility index (Phi) is 8.11. The zero-order chi connectivity index (χ0) is 23.1. The molecule has 3 rings (SSSR count). The molecule has 2 aromatic rings. The molecule has 0 aromatic heterocycles. The summed E-state index contributed by atoms with van der Waals surface area (Å²) in [7, 11) is 3.06. The Balaban J connectivity index is 1.59. The van der Waals surface area contributed by atoms with E-state index in [4.69, 9.17) is 9.47 Å². The maximum atomic E-state index is 13.0. The van der Waals surface area contributed by atoms with Crippen molar-refractivity contribution in [2.24, 2.45) is 5.92 Å². The lowest BCUT2D eigenvalue weighted by Crippen LogP contribution is -2.52. The SMILES string of the molecule is COc1cc(OC)cc(C(=O)N[C@@H](C(=O)N[C@@H]2CCN(Cc3ccccc3)C2)C(C)C)c1. The van der Waals surface area contributed by atoms with Gasteiger partial charge < -0.3 is 20.1 Å². The molecule has 1 heterocycles. The number of ether oxygens (including phenoxy) is 2. The number of amides is 2. The van der Waals surface area contributed by atoms with Gasteiger partial charge in [0.1, 0.15) is 17.5 Å². The van der Waals surface area contributed by atoms with Crippen LogP contribution < -0.4 is 20.1 Å². The lowest BCUT2D eigenvalue weighted by molar-refractivity contribution is -0.124. The lowest BCUT2D eigenvalue weighted by Gasteiger charge is -2.24. The average molecular weight is 440 g/mol. The molecule has 1 aliphatic heterocycles. The van der Waals surface area contributed by atoms with E-state index in [1.165, 1.54) is 19.8 Å². The summed E-state index contributed by atoms with van der Waals surface area (Å²) < 4.78 is 10.5. The van der Waals surface area contributed by atoms with Crippen LogP contribution in [0.5, 0.6) is 11.5 Å². The second-order valence-electron chi connectivity index (χ2n) is 8.51. The number of benzene rings is 2. The van der Waals surface area contributed by atoms with Gasteiger partial charge in [-0.2, -0.15) is 0 Å². The molecule has 172 valence electrons. The molecule has 7 heteroatoms. The van der Waals surface area contributed by atoms with Crippen molar-refractivity contribution in [1.82, 2.24) is 15.5 Å². The number of nitrogens with zero attached hydrogens (tertiary/aromatic N) is 1. The van der Waals surface area contributed by atoms with E-state index in [1.54, 1.807) is 18.2 Å². The first-order chi connectivity index (χ1) is 15.4. The molecule has 0 spiro atoms. The zero-order valence-electron chi connectivity index (χ0n) is 19.3. The van der Waals surface area contributed by atoms with Crippen LogP contribution in [-0.2, 0) is 11.3 Å². The summed E-state index contributed by atoms with van der Waals surface area (Å²) in [4.78, 5) is 28.2. The summed E-state index contributed by atoms with van der Waals surface area (Å²) in [6.45, 7) is 6.45. The van der Waals surface area contributed by atoms with Gasteiger partial charge in [-0.05, 0) is 30.0 Å². The number of carbonyl (C=O) groups is 2. The fourth-order valence-corrected chi connectivity index (χ4v) is 3.92. The van der Waals surface area contributed by atoms with Crippen LogP contribution in [0.15, 0.2) is 48.5 Å². The molecule has 0 unspecified atom stereocenters. The minimum absolute atomic E-state index is 0.0618. The minimum atomic E-state index is -0.636. The van der Waals surface area contributed by atoms with Gasteiger partial charge in [0.25, 0.3) is 5.91 Å². The Bertz CT molecular complexity index is 894. The van der Waals surface area contributed by atoms with Gasteiger partial charge in [-0.1, -0.05) is 44.2 Å². The molecule has 0 saturated carbocycles. The number of likely N-dealkylation sites (tertiary alicyclic amines) is 1. The molecule has 0 radical (unpaired) electrons. The van der Waals surface area contributed by atoms with Crippen LogP contribution >= 0.6 is 0 Å². The molecule has 2 aromatic carbocycles. The first-order valence-electron chi connectivity index (χ1n) is 11.0. The van der Waals surface area contributed by atoms with E-state index in [0.717, 1.165) is 26.1 Å². The zero-order valence-corrected chi connectivity index (χ0v) is 19.3. The number of rotatable bonds is 9. The van der Waals surface area contributed by atoms with Crippen molar-refractivity contribution in [1.29, 1.82) is 0 Å². The van der Waals surface area contributed by atoms with E-state index >= 15 is 0 Å². The normalized spacial score (nSPS) is 17.1. The van der Waals surface area contributed by atoms with Gasteiger partial charge in [-0.25, -0.2) is 0 Å². The highest BCUT2D eigenvalue weighted by molar-refractivity contribution is 5.98. The molecular weight excluding hydrogens is 406 g/mol. The molecule has 2 atom stereocenters. The van der Waals surface area contributed by atoms with Crippen molar-refractivity contribution in [3.63, 3.8) is 0 Å². The summed E-state index contributed by atoms with van der Waals surface area (Å²) in [5, 5.41) is 6.02. The first kappa shape index (κ1) is 23.6. The summed E-state index contributed by atoms with van der Waals surface area (Å²) in [6, 6.07) is 14.7. The van der Waals surface area contributed by atoms with Crippen molar-refractivity contribution in [2.45, 2.75) is 38.9 Å². The minimum Gasteiger partial charge on any atom is -0.497 e. The van der Waals surface area contributed by atoms with Gasteiger partial charge in [-0.3, -0.25) is 14.5 Å². The number of nitrogens with one attached hydrogen (secondary N) is 2. The molecule has 2 N–H and O–H groups in total. The van der Waals surface area contributed by atoms with E-state index in [1.807, 2.05) is 32.0 Å². The number of hydrogen-bond donors (Lipinski definition) is 2. The van der Waals surface area contributed by atoms with Crippen LogP contribution in [-0.4, -0.2) is 56.1 Å². The van der Waals surface area contributed by atoms with Crippen LogP contribution in [0.25, 0.3) is 0 Å². The Morgan fingerprint density at radius 3 is 2.31 bits per heavy atom. The van der Waals surface area contributed by atoms with Crippen LogP contribution in [0.4, 0.5) is 0 Å². The van der Waals surface area contributed by atoms with Gasteiger partial charge in [0.15, 0.2) is 0 Å². The summed E-state index contributed by atoms with van der Waals surface area (Å²) in [5.41, 5.74) is 1.65. The molecule has 0 bridgehead atoms. The average Bonchev–Trinajstić information content (AvgIpc) is 3.23. The largest absolute Gasteiger partial charge is 0.497 e. The fourth-order valence-electron chi connectivity index (χ4n) is 3.92. The van der Waals surface area contributed by atoms with E-state index in [0.29, 0.717) is 17.1 Å². The quantitative estimate of drug-likeness (QED) is 0.628. The van der Waals surface area contributed by atoms with Crippen molar-refractivity contribution >= 4 is 11.8 Å². The van der Waals surface area contributed by atoms with Crippen molar-refractivity contribution in [3.8, 4) is 11.5 Å². The number of carbonyl (C=O) groups excluding carboxylic acids is 2. The van der Waals surface area contributed by atoms with E-state index in [-0.39, 0.29) is 23.8 Å². The Labute approximate surface area is 190 Å². The Morgan fingerprint density at radius 2 is 1.72 bits per heavy atom. The van der Waals surface area contributed by atoms with Crippen molar-refractivity contribution < 1.29 is 19.1 Å². The fraction of sp³-hybridized carbons (Fsp3) is 0.440. The molecular formula is C25H33N3O4. The maximum absolute atomic E-state index is 13.0. The molecule has 0 aliphatic carbocycles. The smallest absolute Gasteiger partial charge is 0.252 e. The molecule has 1 aliphatic rings. The van der Waals surface area contributed by atoms with Crippen LogP contribution in [0.1, 0.15) is 36.2 Å². The topological polar surface area (TPSA) is 79.9 Å². The maximum Gasteiger partial charge on any atom is 0.252 e. The van der Waals surface area contributed by atoms with Crippen LogP contribution in [0.2, 0.25) is 0 Å². The van der Waals surface area contributed by atoms with E-state index < -0.39 is 6.04 Å². The van der Waals surface area contributed by atoms with E-state index in [9.17, 15) is 9.59 Å². The molecule has 1 fully saturated rings. The van der Waals surface area contributed by atoms with Gasteiger partial charge in [0.2, 0.25) is 5.91 Å². The highest BCUT2D eigenvalue weighted by Gasteiger charge is 2.30. The van der Waals surface area contributed by atoms with E-state index in [2.05, 4.69) is 27.7 Å². The van der Waals surface area contributed by atoms with Crippen LogP contribution in [0.3, 0.4) is 0 Å². The van der Waals surface area contributed by atoms with Gasteiger partial charge >= 0.3 is 0 Å². The van der Waals surface area contributed by atoms with Crippen molar-refractivity contribution in [2.75, 3.05) is 27.3 Å². The monoisotopic (exact) mass is 439 g/mol. The van der Waals surface area contributed by atoms with Gasteiger partial charge in [0.05, 0.1) is 14.2 Å². The van der Waals surface area contributed by atoms with Crippen molar-refractivity contribution in [3.05, 3.63) is 59.7 Å². The number of methoxy groups -OCH3 is 2. The predicted octanol–water partition coefficient (Wildman–Crippen LogP) is 2.85. The third-order valence-corrected chi connectivity index (χ3v) is 5.72. The number of hydrogen-bond acceptors (Lipinski definition) is 5. The Hall–Kier alpha value is -3.06. The molecule has 2 amide bonds. The second-order valence-corrected chi connectivity index (χ2v) is 8.51. The predicted molar refractivity (Wildman–Crippen MR) is 124 cm³/mol. The van der Waals surface area contributed by atoms with Gasteiger partial charge in [0, 0.05) is 37.3 Å². The lowest BCUT2D eigenvalue weighted by atomic mass is 10.0. The van der Waals surface area contributed by atoms with Crippen LogP contribution in [0, 0.1) is 5.92 Å². The highest BCUT2D eigenvalue weighted by Crippen LogP contribution is 2.23. The third kappa shape index (κ3) is 6.23. The third-order valence-electron chi connectivity index (χ3n) is 5.72. The van der Waals surface area contributed by atoms with Gasteiger partial charge in [-0.15, -0.1) is 0 Å². The molecule has 7 nitrogen and oxygen atoms in total. The summed E-state index contributed by atoms with van der Waals surface area (Å²) >= 11 is 0. The summed E-state index contributed by atoms with van der Waals surface area (Å²) in [5.74, 6) is 0.477. The molecule has 1 saturated heterocycles. The standard InChI is InChI=1S/C25H33N3O4/c1-17(2)23(27-24(29)19-12-21(31-3)14-22(13-19)32-4)25(30)26-20-10-11-28(16-20)15-18-8-6-5-7-9-18/h5-9,12-14,17,20,23H,10-11,15-16H2,1-4H3,(H,26,30)(H,27,29)/t20-,23-/m1/s1. The second kappa shape index (κ2) is 11.0. The highest BCUT2D eigenvalue weighted by atomic mass is 16.5.